The largest absolute Gasteiger partial charge is 0.550 e. The number of carbonyl (C=O) groups is 2. The van der Waals surface area contributed by atoms with Gasteiger partial charge in [-0.15, -0.1) is 0 Å². The molecule has 1 aliphatic heterocycles. The predicted octanol–water partition coefficient (Wildman–Crippen LogP) is 1.97. The van der Waals surface area contributed by atoms with Gasteiger partial charge in [-0.2, -0.15) is 0 Å². The molecular weight excluding hydrogens is 318 g/mol. The fourth-order valence-electron chi connectivity index (χ4n) is 1.96. The van der Waals surface area contributed by atoms with E-state index in [9.17, 15) is 14.7 Å². The number of hydrogen-bond acceptors (Lipinski definition) is 5. The zero-order chi connectivity index (χ0) is 16.1. The van der Waals surface area contributed by atoms with Crippen molar-refractivity contribution in [3.63, 3.8) is 0 Å². The first-order chi connectivity index (χ1) is 10.5. The third kappa shape index (κ3) is 4.29. The highest BCUT2D eigenvalue weighted by Gasteiger charge is 2.31. The van der Waals surface area contributed by atoms with Gasteiger partial charge >= 0.3 is 0 Å². The first-order valence-corrected chi connectivity index (χ1v) is 7.88. The van der Waals surface area contributed by atoms with Crippen molar-refractivity contribution in [1.29, 1.82) is 0 Å². The van der Waals surface area contributed by atoms with Crippen LogP contribution in [-0.4, -0.2) is 27.6 Å². The Morgan fingerprint density at radius 3 is 2.68 bits per heavy atom. The Hall–Kier alpha value is -1.92. The van der Waals surface area contributed by atoms with Crippen molar-refractivity contribution in [3.8, 4) is 0 Å². The molecule has 1 amide bonds. The van der Waals surface area contributed by atoms with Crippen molar-refractivity contribution in [2.75, 3.05) is 6.54 Å². The molecule has 1 aromatic rings. The molecule has 0 saturated carbocycles. The lowest BCUT2D eigenvalue weighted by Crippen LogP contribution is -2.33. The minimum Gasteiger partial charge on any atom is -0.550 e. The number of aliphatic carboxylic acids is 1. The van der Waals surface area contributed by atoms with E-state index in [2.05, 4.69) is 0 Å². The lowest BCUT2D eigenvalue weighted by molar-refractivity contribution is -0.305. The molecule has 1 heterocycles. The second-order valence-corrected chi connectivity index (χ2v) is 6.43. The van der Waals surface area contributed by atoms with Crippen LogP contribution in [-0.2, 0) is 9.59 Å². The minimum atomic E-state index is -1.20. The van der Waals surface area contributed by atoms with Crippen LogP contribution in [0, 0.1) is 0 Å². The maximum Gasteiger partial charge on any atom is 0.266 e. The second-order valence-electron chi connectivity index (χ2n) is 4.75. The average Bonchev–Trinajstić information content (AvgIpc) is 2.72. The van der Waals surface area contributed by atoms with E-state index in [1.54, 1.807) is 6.08 Å². The van der Waals surface area contributed by atoms with Gasteiger partial charge in [-0.25, -0.2) is 0 Å². The highest BCUT2D eigenvalue weighted by Crippen LogP contribution is 2.32. The molecule has 1 aromatic carbocycles. The number of thioether (sulfide) groups is 1. The highest BCUT2D eigenvalue weighted by molar-refractivity contribution is 8.26. The molecular formula is C16H14NO3S2-. The number of carboxylic acid groups (broad SMARTS) is 1. The highest BCUT2D eigenvalue weighted by atomic mass is 32.2. The quantitative estimate of drug-likeness (QED) is 0.609. The van der Waals surface area contributed by atoms with Crippen molar-refractivity contribution in [2.24, 2.45) is 0 Å². The van der Waals surface area contributed by atoms with Gasteiger partial charge in [0.05, 0.1) is 4.91 Å². The summed E-state index contributed by atoms with van der Waals surface area (Å²) < 4.78 is 0.380. The molecule has 1 saturated heterocycles. The zero-order valence-corrected chi connectivity index (χ0v) is 13.6. The lowest BCUT2D eigenvalue weighted by atomic mass is 10.1. The number of hydrogen-bond donors (Lipinski definition) is 0. The SMILES string of the molecule is CC(/C=C1\SC(=S)N(CCC(=O)[O-])C1=O)=C\c1ccccc1. The van der Waals surface area contributed by atoms with Crippen molar-refractivity contribution in [3.05, 3.63) is 52.4 Å². The number of thiocarbonyl (C=S) groups is 1. The molecule has 0 unspecified atom stereocenters. The lowest BCUT2D eigenvalue weighted by Gasteiger charge is -2.14. The van der Waals surface area contributed by atoms with E-state index in [0.29, 0.717) is 9.23 Å². The van der Waals surface area contributed by atoms with Crippen LogP contribution < -0.4 is 5.11 Å². The van der Waals surface area contributed by atoms with Gasteiger partial charge < -0.3 is 9.90 Å². The van der Waals surface area contributed by atoms with Gasteiger partial charge in [0.15, 0.2) is 0 Å². The smallest absolute Gasteiger partial charge is 0.266 e. The number of benzene rings is 1. The third-order valence-corrected chi connectivity index (χ3v) is 4.34. The van der Waals surface area contributed by atoms with Gasteiger partial charge in [-0.3, -0.25) is 9.69 Å². The number of carboxylic acids is 1. The van der Waals surface area contributed by atoms with E-state index in [-0.39, 0.29) is 18.9 Å². The normalized spacial score (nSPS) is 17.4. The van der Waals surface area contributed by atoms with Crippen molar-refractivity contribution in [2.45, 2.75) is 13.3 Å². The summed E-state index contributed by atoms with van der Waals surface area (Å²) in [5.74, 6) is -1.45. The number of nitrogens with zero attached hydrogens (tertiary/aromatic N) is 1. The van der Waals surface area contributed by atoms with Gasteiger partial charge in [0.25, 0.3) is 5.91 Å². The standard InChI is InChI=1S/C16H15NO3S2/c1-11(9-12-5-3-2-4-6-12)10-13-15(20)17(16(21)22-13)8-7-14(18)19/h2-6,9-10H,7-8H2,1H3,(H,18,19)/p-1/b11-9+,13-10-. The molecule has 22 heavy (non-hydrogen) atoms. The van der Waals surface area contributed by atoms with Gasteiger partial charge in [-0.1, -0.05) is 60.4 Å². The van der Waals surface area contributed by atoms with Gasteiger partial charge in [-0.05, 0) is 24.1 Å². The van der Waals surface area contributed by atoms with Crippen LogP contribution in [0.1, 0.15) is 18.9 Å². The molecule has 1 aliphatic rings. The molecule has 0 bridgehead atoms. The number of amides is 1. The predicted molar refractivity (Wildman–Crippen MR) is 89.7 cm³/mol. The van der Waals surface area contributed by atoms with Crippen LogP contribution in [0.25, 0.3) is 6.08 Å². The molecule has 6 heteroatoms. The first-order valence-electron chi connectivity index (χ1n) is 6.66. The van der Waals surface area contributed by atoms with E-state index in [0.717, 1.165) is 11.1 Å². The first kappa shape index (κ1) is 16.5. The van der Waals surface area contributed by atoms with E-state index in [1.807, 2.05) is 43.3 Å². The van der Waals surface area contributed by atoms with Crippen molar-refractivity contribution >= 4 is 46.3 Å². The van der Waals surface area contributed by atoms with Crippen LogP contribution in [0.2, 0.25) is 0 Å². The summed E-state index contributed by atoms with van der Waals surface area (Å²) in [5.41, 5.74) is 1.97. The van der Waals surface area contributed by atoms with Gasteiger partial charge in [0.2, 0.25) is 0 Å². The molecule has 0 radical (unpaired) electrons. The second kappa shape index (κ2) is 7.38. The van der Waals surface area contributed by atoms with Crippen molar-refractivity contribution in [1.82, 2.24) is 4.90 Å². The summed E-state index contributed by atoms with van der Waals surface area (Å²) in [6, 6.07) is 9.77. The molecule has 0 atom stereocenters. The Labute approximate surface area is 138 Å². The Balaban J connectivity index is 2.12. The molecule has 0 spiro atoms. The number of rotatable bonds is 5. The van der Waals surface area contributed by atoms with Crippen LogP contribution >= 0.6 is 24.0 Å². The van der Waals surface area contributed by atoms with E-state index in [4.69, 9.17) is 12.2 Å². The summed E-state index contributed by atoms with van der Waals surface area (Å²) in [6.07, 6.45) is 3.51. The van der Waals surface area contributed by atoms with Crippen molar-refractivity contribution < 1.29 is 14.7 Å². The third-order valence-electron chi connectivity index (χ3n) is 2.97. The van der Waals surface area contributed by atoms with E-state index < -0.39 is 5.97 Å². The molecule has 2 rings (SSSR count). The van der Waals surface area contributed by atoms with Gasteiger partial charge in [0.1, 0.15) is 4.32 Å². The number of allylic oxidation sites excluding steroid dienone is 2. The fraction of sp³-hybridized carbons (Fsp3) is 0.188. The fourth-order valence-corrected chi connectivity index (χ4v) is 3.31. The average molecular weight is 332 g/mol. The Morgan fingerprint density at radius 2 is 2.05 bits per heavy atom. The van der Waals surface area contributed by atoms with Crippen LogP contribution in [0.15, 0.2) is 46.9 Å². The Kier molecular flexibility index (Phi) is 5.51. The summed E-state index contributed by atoms with van der Waals surface area (Å²) in [4.78, 5) is 24.5. The summed E-state index contributed by atoms with van der Waals surface area (Å²) >= 11 is 6.31. The van der Waals surface area contributed by atoms with E-state index in [1.165, 1.54) is 16.7 Å². The summed E-state index contributed by atoms with van der Waals surface area (Å²) in [6.45, 7) is 1.95. The van der Waals surface area contributed by atoms with Crippen LogP contribution in [0.4, 0.5) is 0 Å². The monoisotopic (exact) mass is 332 g/mol. The molecule has 4 nitrogen and oxygen atoms in total. The Bertz CT molecular complexity index is 665. The summed E-state index contributed by atoms with van der Waals surface area (Å²) in [7, 11) is 0. The molecule has 114 valence electrons. The topological polar surface area (TPSA) is 60.4 Å². The molecule has 1 fully saturated rings. The molecule has 0 N–H and O–H groups in total. The maximum absolute atomic E-state index is 12.2. The Morgan fingerprint density at radius 1 is 1.36 bits per heavy atom. The maximum atomic E-state index is 12.2. The van der Waals surface area contributed by atoms with Gasteiger partial charge in [0, 0.05) is 18.9 Å². The molecule has 0 aromatic heterocycles. The zero-order valence-electron chi connectivity index (χ0n) is 11.9. The summed E-state index contributed by atoms with van der Waals surface area (Å²) in [5, 5.41) is 10.5. The minimum absolute atomic E-state index is 0.0474. The van der Waals surface area contributed by atoms with Crippen LogP contribution in [0.5, 0.6) is 0 Å². The van der Waals surface area contributed by atoms with Crippen LogP contribution in [0.3, 0.4) is 0 Å². The number of carbonyl (C=O) groups excluding carboxylic acids is 2. The van der Waals surface area contributed by atoms with E-state index >= 15 is 0 Å². The molecule has 0 aliphatic carbocycles.